The van der Waals surface area contributed by atoms with E-state index in [-0.39, 0.29) is 0 Å². The zero-order valence-electron chi connectivity index (χ0n) is 18.1. The molecule has 1 atom stereocenters. The van der Waals surface area contributed by atoms with Crippen molar-refractivity contribution in [2.75, 3.05) is 31.6 Å². The van der Waals surface area contributed by atoms with Gasteiger partial charge in [-0.1, -0.05) is 18.2 Å². The molecule has 0 amide bonds. The van der Waals surface area contributed by atoms with Crippen molar-refractivity contribution < 1.29 is 0 Å². The fraction of sp³-hybridized carbons (Fsp3) is 0.542. The molecule has 1 aromatic carbocycles. The lowest BCUT2D eigenvalue weighted by molar-refractivity contribution is 0.271. The maximum atomic E-state index is 6.12. The Kier molecular flexibility index (Phi) is 6.18. The number of piperidine rings is 1. The predicted octanol–water partition coefficient (Wildman–Crippen LogP) is 2.77. The van der Waals surface area contributed by atoms with Gasteiger partial charge in [0.05, 0.1) is 5.69 Å². The van der Waals surface area contributed by atoms with E-state index >= 15 is 0 Å². The summed E-state index contributed by atoms with van der Waals surface area (Å²) in [7, 11) is 2.20. The van der Waals surface area contributed by atoms with E-state index in [1.165, 1.54) is 33.6 Å². The number of nitrogens with two attached hydrogens (primary N) is 1. The van der Waals surface area contributed by atoms with Crippen molar-refractivity contribution in [1.29, 1.82) is 0 Å². The Morgan fingerprint density at radius 3 is 2.79 bits per heavy atom. The van der Waals surface area contributed by atoms with Gasteiger partial charge in [0.2, 0.25) is 0 Å². The zero-order chi connectivity index (χ0) is 20.4. The van der Waals surface area contributed by atoms with Gasteiger partial charge in [0, 0.05) is 56.7 Å². The Morgan fingerprint density at radius 1 is 1.24 bits per heavy atom. The van der Waals surface area contributed by atoms with Crippen LogP contribution in [0.4, 0.5) is 5.69 Å². The van der Waals surface area contributed by atoms with Crippen molar-refractivity contribution in [2.24, 2.45) is 5.73 Å². The summed E-state index contributed by atoms with van der Waals surface area (Å²) in [5.74, 6) is 0. The highest BCUT2D eigenvalue weighted by molar-refractivity contribution is 5.58. The summed E-state index contributed by atoms with van der Waals surface area (Å²) < 4.78 is 0. The van der Waals surface area contributed by atoms with Crippen LogP contribution in [0.5, 0.6) is 0 Å². The number of aryl methyl sites for hydroxylation is 2. The van der Waals surface area contributed by atoms with Crippen molar-refractivity contribution >= 4 is 5.69 Å². The highest BCUT2D eigenvalue weighted by atomic mass is 15.2. The average Bonchev–Trinajstić information content (AvgIpc) is 2.70. The molecule has 3 N–H and O–H groups in total. The highest BCUT2D eigenvalue weighted by Gasteiger charge is 2.25. The first-order chi connectivity index (χ1) is 14.0. The second-order valence-corrected chi connectivity index (χ2v) is 8.99. The summed E-state index contributed by atoms with van der Waals surface area (Å²) in [6, 6.07) is 9.85. The maximum Gasteiger partial charge on any atom is 0.0573 e. The number of pyridine rings is 1. The molecular weight excluding hydrogens is 358 g/mol. The lowest BCUT2D eigenvalue weighted by Gasteiger charge is -2.37. The molecule has 3 heterocycles. The number of anilines is 1. The summed E-state index contributed by atoms with van der Waals surface area (Å²) >= 11 is 0. The van der Waals surface area contributed by atoms with Crippen LogP contribution in [-0.2, 0) is 19.5 Å². The third-order valence-electron chi connectivity index (χ3n) is 6.44. The molecule has 2 aliphatic heterocycles. The molecular formula is C24H35N5. The number of nitrogens with one attached hydrogen (secondary N) is 1. The van der Waals surface area contributed by atoms with Gasteiger partial charge in [-0.15, -0.1) is 0 Å². The first-order valence-electron chi connectivity index (χ1n) is 10.9. The second-order valence-electron chi connectivity index (χ2n) is 8.99. The molecule has 0 saturated carbocycles. The molecule has 4 rings (SSSR count). The van der Waals surface area contributed by atoms with Crippen LogP contribution in [0, 0.1) is 13.8 Å². The van der Waals surface area contributed by atoms with E-state index in [0.717, 1.165) is 52.0 Å². The smallest absolute Gasteiger partial charge is 0.0573 e. The van der Waals surface area contributed by atoms with Gasteiger partial charge in [0.25, 0.3) is 0 Å². The summed E-state index contributed by atoms with van der Waals surface area (Å²) in [6.45, 7) is 9.29. The second kappa shape index (κ2) is 8.82. The lowest BCUT2D eigenvalue weighted by atomic mass is 9.92. The van der Waals surface area contributed by atoms with Crippen molar-refractivity contribution in [2.45, 2.75) is 58.3 Å². The Hall–Kier alpha value is -1.95. The SMILES string of the molecule is Cc1cnc(CN(C)C[C@H]2Cc3c(cccc3N3CCC(N)CC3)CN2)c(C)c1. The van der Waals surface area contributed by atoms with Gasteiger partial charge in [-0.3, -0.25) is 9.88 Å². The molecule has 29 heavy (non-hydrogen) atoms. The number of fused-ring (bicyclic) bond motifs is 1. The fourth-order valence-electron chi connectivity index (χ4n) is 4.77. The van der Waals surface area contributed by atoms with Crippen LogP contribution in [-0.4, -0.2) is 48.6 Å². The Bertz CT molecular complexity index is 841. The van der Waals surface area contributed by atoms with Crippen molar-refractivity contribution in [3.05, 3.63) is 58.4 Å². The van der Waals surface area contributed by atoms with Crippen molar-refractivity contribution in [1.82, 2.24) is 15.2 Å². The molecule has 0 aliphatic carbocycles. The molecule has 2 aromatic rings. The number of benzene rings is 1. The van der Waals surface area contributed by atoms with Gasteiger partial charge in [0.1, 0.15) is 0 Å². The zero-order valence-corrected chi connectivity index (χ0v) is 18.1. The van der Waals surface area contributed by atoms with E-state index in [0.29, 0.717) is 12.1 Å². The minimum absolute atomic E-state index is 0.368. The number of hydrogen-bond donors (Lipinski definition) is 2. The van der Waals surface area contributed by atoms with Crippen molar-refractivity contribution in [3.8, 4) is 0 Å². The van der Waals surface area contributed by atoms with Crippen LogP contribution in [0.2, 0.25) is 0 Å². The first-order valence-corrected chi connectivity index (χ1v) is 10.9. The molecule has 5 nitrogen and oxygen atoms in total. The number of nitrogens with zero attached hydrogens (tertiary/aromatic N) is 3. The molecule has 1 fully saturated rings. The molecule has 1 saturated heterocycles. The van der Waals surface area contributed by atoms with Crippen LogP contribution >= 0.6 is 0 Å². The molecule has 0 radical (unpaired) electrons. The normalized spacial score (nSPS) is 20.2. The minimum atomic E-state index is 0.368. The summed E-state index contributed by atoms with van der Waals surface area (Å²) in [5, 5.41) is 3.75. The van der Waals surface area contributed by atoms with E-state index in [1.807, 2.05) is 6.20 Å². The predicted molar refractivity (Wildman–Crippen MR) is 120 cm³/mol. The Morgan fingerprint density at radius 2 is 2.03 bits per heavy atom. The summed E-state index contributed by atoms with van der Waals surface area (Å²) in [6.07, 6.45) is 5.24. The van der Waals surface area contributed by atoms with Gasteiger partial charge < -0.3 is 16.0 Å². The first kappa shape index (κ1) is 20.3. The largest absolute Gasteiger partial charge is 0.371 e. The van der Waals surface area contributed by atoms with Crippen molar-refractivity contribution in [3.63, 3.8) is 0 Å². The van der Waals surface area contributed by atoms with E-state index < -0.39 is 0 Å². The van der Waals surface area contributed by atoms with Gasteiger partial charge >= 0.3 is 0 Å². The Labute approximate surface area is 175 Å². The third-order valence-corrected chi connectivity index (χ3v) is 6.44. The standard InChI is InChI=1S/C24H35N5/c1-17-11-18(2)23(27-13-17)16-28(3)15-21-12-22-19(14-26-21)5-4-6-24(22)29-9-7-20(25)8-10-29/h4-6,11,13,20-21,26H,7-10,12,14-16,25H2,1-3H3/t21-/m1/s1. The lowest BCUT2D eigenvalue weighted by Crippen LogP contribution is -2.45. The van der Waals surface area contributed by atoms with Gasteiger partial charge in [-0.25, -0.2) is 0 Å². The monoisotopic (exact) mass is 393 g/mol. The Balaban J connectivity index is 1.42. The number of hydrogen-bond acceptors (Lipinski definition) is 5. The maximum absolute atomic E-state index is 6.12. The summed E-state index contributed by atoms with van der Waals surface area (Å²) in [5.41, 5.74) is 14.2. The van der Waals surface area contributed by atoms with Crippen LogP contribution in [0.25, 0.3) is 0 Å². The highest BCUT2D eigenvalue weighted by Crippen LogP contribution is 2.30. The summed E-state index contributed by atoms with van der Waals surface area (Å²) in [4.78, 5) is 9.60. The molecule has 2 aliphatic rings. The van der Waals surface area contributed by atoms with Crippen LogP contribution in [0.1, 0.15) is 40.8 Å². The molecule has 0 bridgehead atoms. The topological polar surface area (TPSA) is 57.4 Å². The number of rotatable bonds is 5. The van der Waals surface area contributed by atoms with E-state index in [9.17, 15) is 0 Å². The van der Waals surface area contributed by atoms with Gasteiger partial charge in [-0.2, -0.15) is 0 Å². The van der Waals surface area contributed by atoms with E-state index in [4.69, 9.17) is 5.73 Å². The number of likely N-dealkylation sites (N-methyl/N-ethyl adjacent to an activating group) is 1. The van der Waals surface area contributed by atoms with Gasteiger partial charge in [0.15, 0.2) is 0 Å². The van der Waals surface area contributed by atoms with Crippen LogP contribution in [0.3, 0.4) is 0 Å². The van der Waals surface area contributed by atoms with Crippen LogP contribution in [0.15, 0.2) is 30.5 Å². The number of aromatic nitrogens is 1. The molecule has 5 heteroatoms. The molecule has 0 spiro atoms. The molecule has 0 unspecified atom stereocenters. The van der Waals surface area contributed by atoms with Crippen LogP contribution < -0.4 is 16.0 Å². The fourth-order valence-corrected chi connectivity index (χ4v) is 4.77. The van der Waals surface area contributed by atoms with Gasteiger partial charge in [-0.05, 0) is 68.5 Å². The average molecular weight is 394 g/mol. The minimum Gasteiger partial charge on any atom is -0.371 e. The van der Waals surface area contributed by atoms with E-state index in [1.54, 1.807) is 0 Å². The third kappa shape index (κ3) is 4.80. The molecule has 156 valence electrons. The molecule has 1 aromatic heterocycles. The quantitative estimate of drug-likeness (QED) is 0.818. The van der Waals surface area contributed by atoms with E-state index in [2.05, 4.69) is 65.3 Å².